The summed E-state index contributed by atoms with van der Waals surface area (Å²) < 4.78 is 10.7. The lowest BCUT2D eigenvalue weighted by molar-refractivity contribution is -0.131. The molecule has 0 radical (unpaired) electrons. The molecular weight excluding hydrogens is 408 g/mol. The maximum absolute atomic E-state index is 9.56. The van der Waals surface area contributed by atoms with Crippen molar-refractivity contribution in [1.29, 1.82) is 0 Å². The number of hydrogen-bond acceptors (Lipinski definition) is 11. The zero-order valence-electron chi connectivity index (χ0n) is 17.0. The standard InChI is InChI=1S/C15H32O10.C3H4O2/c16-1-13(2-17,3-18)9-24-11-15(7-22,8-23)12-25-10-14(4-19,5-20)6-21;1-2-3(4)5/h16-23H,1-12H2;2H,1H2,(H,4,5). The van der Waals surface area contributed by atoms with Crippen molar-refractivity contribution in [2.45, 2.75) is 0 Å². The van der Waals surface area contributed by atoms with Crippen LogP contribution in [0, 0.1) is 16.2 Å². The predicted octanol–water partition coefficient (Wildman–Crippen LogP) is -3.83. The van der Waals surface area contributed by atoms with Crippen LogP contribution in [0.3, 0.4) is 0 Å². The molecule has 9 N–H and O–H groups in total. The predicted molar refractivity (Wildman–Crippen MR) is 103 cm³/mol. The van der Waals surface area contributed by atoms with Crippen LogP contribution >= 0.6 is 0 Å². The summed E-state index contributed by atoms with van der Waals surface area (Å²) in [6.07, 6.45) is 0.833. The van der Waals surface area contributed by atoms with E-state index in [-0.39, 0.29) is 26.4 Å². The highest BCUT2D eigenvalue weighted by molar-refractivity contribution is 5.78. The van der Waals surface area contributed by atoms with Crippen LogP contribution in [0.2, 0.25) is 0 Å². The van der Waals surface area contributed by atoms with Gasteiger partial charge in [-0.25, -0.2) is 4.79 Å². The lowest BCUT2D eigenvalue weighted by atomic mass is 9.90. The molecule has 0 aromatic carbocycles. The van der Waals surface area contributed by atoms with Crippen LogP contribution in [0.1, 0.15) is 0 Å². The van der Waals surface area contributed by atoms with Crippen molar-refractivity contribution < 1.29 is 60.2 Å². The van der Waals surface area contributed by atoms with E-state index in [1.165, 1.54) is 0 Å². The van der Waals surface area contributed by atoms with Crippen molar-refractivity contribution in [3.8, 4) is 0 Å². The second-order valence-corrected chi connectivity index (χ2v) is 7.29. The third-order valence-corrected chi connectivity index (χ3v) is 4.49. The molecule has 0 fully saturated rings. The van der Waals surface area contributed by atoms with Gasteiger partial charge in [-0.3, -0.25) is 0 Å². The van der Waals surface area contributed by atoms with Crippen LogP contribution in [0.25, 0.3) is 0 Å². The van der Waals surface area contributed by atoms with Gasteiger partial charge in [-0.15, -0.1) is 0 Å². The van der Waals surface area contributed by atoms with Gasteiger partial charge in [0.2, 0.25) is 0 Å². The average Bonchev–Trinajstić information content (AvgIpc) is 2.79. The van der Waals surface area contributed by atoms with Crippen molar-refractivity contribution >= 4 is 5.97 Å². The third kappa shape index (κ3) is 10.7. The van der Waals surface area contributed by atoms with Gasteiger partial charge in [-0.05, 0) is 0 Å². The molecule has 0 aromatic rings. The molecule has 0 unspecified atom stereocenters. The van der Waals surface area contributed by atoms with Crippen molar-refractivity contribution in [3.05, 3.63) is 12.7 Å². The van der Waals surface area contributed by atoms with Gasteiger partial charge in [-0.2, -0.15) is 0 Å². The van der Waals surface area contributed by atoms with E-state index < -0.39 is 75.1 Å². The Kier molecular flexibility index (Phi) is 17.0. The van der Waals surface area contributed by atoms with Gasteiger partial charge in [0.15, 0.2) is 0 Å². The molecule has 0 aliphatic heterocycles. The van der Waals surface area contributed by atoms with E-state index >= 15 is 0 Å². The number of aliphatic hydroxyl groups excluding tert-OH is 8. The van der Waals surface area contributed by atoms with Gasteiger partial charge in [0.25, 0.3) is 0 Å². The summed E-state index contributed by atoms with van der Waals surface area (Å²) in [5.74, 6) is -0.981. The Bertz CT molecular complexity index is 400. The quantitative estimate of drug-likeness (QED) is 0.0986. The van der Waals surface area contributed by atoms with E-state index in [9.17, 15) is 45.6 Å². The largest absolute Gasteiger partial charge is 0.478 e. The first-order valence-electron chi connectivity index (χ1n) is 9.05. The van der Waals surface area contributed by atoms with Gasteiger partial charge in [0.1, 0.15) is 0 Å². The first-order chi connectivity index (χ1) is 14.2. The lowest BCUT2D eigenvalue weighted by Crippen LogP contribution is -2.45. The van der Waals surface area contributed by atoms with E-state index in [0.29, 0.717) is 0 Å². The number of aliphatic carboxylic acids is 1. The van der Waals surface area contributed by atoms with Gasteiger partial charge < -0.3 is 55.4 Å². The third-order valence-electron chi connectivity index (χ3n) is 4.49. The van der Waals surface area contributed by atoms with Crippen LogP contribution in [0.15, 0.2) is 12.7 Å². The SMILES string of the molecule is C=CC(=O)O.OCC(CO)(CO)COCC(CO)(CO)COCC(CO)(CO)CO. The summed E-state index contributed by atoms with van der Waals surface area (Å²) in [6.45, 7) is -1.86. The molecule has 0 aliphatic rings. The molecule has 12 heteroatoms. The maximum atomic E-state index is 9.56. The minimum Gasteiger partial charge on any atom is -0.478 e. The Hall–Kier alpha value is -1.19. The van der Waals surface area contributed by atoms with Crippen molar-refractivity contribution in [1.82, 2.24) is 0 Å². The summed E-state index contributed by atoms with van der Waals surface area (Å²) in [4.78, 5) is 9.25. The molecule has 0 bridgehead atoms. The fourth-order valence-electron chi connectivity index (χ4n) is 1.82. The second-order valence-electron chi connectivity index (χ2n) is 7.29. The molecule has 0 amide bonds. The number of ether oxygens (including phenoxy) is 2. The van der Waals surface area contributed by atoms with E-state index in [1.807, 2.05) is 0 Å². The Balaban J connectivity index is 0. The van der Waals surface area contributed by atoms with Gasteiger partial charge >= 0.3 is 5.97 Å². The molecule has 12 nitrogen and oxygen atoms in total. The van der Waals surface area contributed by atoms with Crippen LogP contribution < -0.4 is 0 Å². The Morgan fingerprint density at radius 1 is 0.600 bits per heavy atom. The van der Waals surface area contributed by atoms with Gasteiger partial charge in [0, 0.05) is 6.08 Å². The minimum atomic E-state index is -1.24. The first-order valence-corrected chi connectivity index (χ1v) is 9.05. The average molecular weight is 444 g/mol. The highest BCUT2D eigenvalue weighted by atomic mass is 16.5. The maximum Gasteiger partial charge on any atom is 0.327 e. The first kappa shape index (κ1) is 31.0. The Morgan fingerprint density at radius 3 is 0.967 bits per heavy atom. The van der Waals surface area contributed by atoms with E-state index in [2.05, 4.69) is 6.58 Å². The molecule has 0 rings (SSSR count). The zero-order valence-corrected chi connectivity index (χ0v) is 17.0. The number of carboxylic acid groups (broad SMARTS) is 1. The highest BCUT2D eigenvalue weighted by Gasteiger charge is 2.35. The summed E-state index contributed by atoms with van der Waals surface area (Å²) in [7, 11) is 0. The van der Waals surface area contributed by atoms with Crippen molar-refractivity contribution in [3.63, 3.8) is 0 Å². The van der Waals surface area contributed by atoms with E-state index in [1.54, 1.807) is 0 Å². The van der Waals surface area contributed by atoms with E-state index in [0.717, 1.165) is 6.08 Å². The summed E-state index contributed by atoms with van der Waals surface area (Å²) in [5, 5.41) is 82.2. The van der Waals surface area contributed by atoms with Crippen molar-refractivity contribution in [2.75, 3.05) is 79.3 Å². The molecular formula is C18H36O12. The molecule has 0 heterocycles. The number of aliphatic hydroxyl groups is 8. The van der Waals surface area contributed by atoms with Crippen LogP contribution in [-0.4, -0.2) is 131 Å². The normalized spacial score (nSPS) is 12.3. The monoisotopic (exact) mass is 444 g/mol. The lowest BCUT2D eigenvalue weighted by Gasteiger charge is -2.34. The Labute approximate surface area is 175 Å². The van der Waals surface area contributed by atoms with E-state index in [4.69, 9.17) is 14.6 Å². The number of hydrogen-bond donors (Lipinski definition) is 9. The second kappa shape index (κ2) is 16.5. The Morgan fingerprint density at radius 2 is 0.800 bits per heavy atom. The molecule has 30 heavy (non-hydrogen) atoms. The molecule has 0 spiro atoms. The summed E-state index contributed by atoms with van der Waals surface area (Å²) in [6, 6.07) is 0. The highest BCUT2D eigenvalue weighted by Crippen LogP contribution is 2.23. The topological polar surface area (TPSA) is 218 Å². The van der Waals surface area contributed by atoms with Crippen LogP contribution in [0.4, 0.5) is 0 Å². The smallest absolute Gasteiger partial charge is 0.327 e. The van der Waals surface area contributed by atoms with Crippen LogP contribution in [-0.2, 0) is 14.3 Å². The molecule has 0 saturated carbocycles. The summed E-state index contributed by atoms with van der Waals surface area (Å²) in [5.41, 5.74) is -3.69. The molecule has 180 valence electrons. The van der Waals surface area contributed by atoms with Gasteiger partial charge in [0.05, 0.1) is 95.5 Å². The summed E-state index contributed by atoms with van der Waals surface area (Å²) >= 11 is 0. The molecule has 0 atom stereocenters. The minimum absolute atomic E-state index is 0.188. The number of carboxylic acids is 1. The number of carbonyl (C=O) groups is 1. The molecule has 0 aliphatic carbocycles. The fourth-order valence-corrected chi connectivity index (χ4v) is 1.82. The molecule has 0 aromatic heterocycles. The van der Waals surface area contributed by atoms with Gasteiger partial charge in [-0.1, -0.05) is 6.58 Å². The van der Waals surface area contributed by atoms with Crippen LogP contribution in [0.5, 0.6) is 0 Å². The van der Waals surface area contributed by atoms with Crippen molar-refractivity contribution in [2.24, 2.45) is 16.2 Å². The fraction of sp³-hybridized carbons (Fsp3) is 0.833. The zero-order chi connectivity index (χ0) is 23.7. The number of rotatable bonds is 17. The molecule has 0 saturated heterocycles.